The summed E-state index contributed by atoms with van der Waals surface area (Å²) < 4.78 is 17.2. The van der Waals surface area contributed by atoms with Crippen molar-refractivity contribution in [3.05, 3.63) is 23.3 Å². The fourth-order valence-corrected chi connectivity index (χ4v) is 9.70. The van der Waals surface area contributed by atoms with Crippen LogP contribution in [0.1, 0.15) is 73.1 Å². The van der Waals surface area contributed by atoms with Gasteiger partial charge in [-0.25, -0.2) is 4.79 Å². The summed E-state index contributed by atoms with van der Waals surface area (Å²) in [5.74, 6) is -2.41. The molecule has 4 fully saturated rings. The van der Waals surface area contributed by atoms with E-state index >= 15 is 0 Å². The van der Waals surface area contributed by atoms with Gasteiger partial charge in [-0.15, -0.1) is 0 Å². The van der Waals surface area contributed by atoms with E-state index in [2.05, 4.69) is 0 Å². The molecule has 4 N–H and O–H groups in total. The number of ether oxygens (including phenoxy) is 3. The summed E-state index contributed by atoms with van der Waals surface area (Å²) in [6.45, 7) is 7.49. The Kier molecular flexibility index (Phi) is 5.78. The number of hydrogen-bond donors (Lipinski definition) is 4. The van der Waals surface area contributed by atoms with Gasteiger partial charge in [0.15, 0.2) is 5.78 Å². The highest BCUT2D eigenvalue weighted by Gasteiger charge is 2.84. The van der Waals surface area contributed by atoms with Crippen LogP contribution in [0.15, 0.2) is 23.3 Å². The Labute approximate surface area is 233 Å². The molecule has 0 aromatic rings. The molecule has 1 saturated heterocycles. The highest BCUT2D eigenvalue weighted by atomic mass is 16.6. The molecule has 0 aromatic heterocycles. The summed E-state index contributed by atoms with van der Waals surface area (Å²) in [5.41, 5.74) is -8.33. The molecule has 2 aliphatic heterocycles. The Morgan fingerprint density at radius 2 is 1.88 bits per heavy atom. The van der Waals surface area contributed by atoms with Gasteiger partial charge in [-0.1, -0.05) is 5.57 Å². The molecule has 1 spiro atoms. The Hall–Kier alpha value is -2.11. The Balaban J connectivity index is 1.45. The second-order valence-corrected chi connectivity index (χ2v) is 13.6. The maximum Gasteiger partial charge on any atom is 0.334 e. The van der Waals surface area contributed by atoms with Crippen molar-refractivity contribution in [1.29, 1.82) is 0 Å². The van der Waals surface area contributed by atoms with Crippen molar-refractivity contribution < 1.29 is 49.0 Å². The fraction of sp³-hybridized carbons (Fsp3) is 0.767. The van der Waals surface area contributed by atoms with Crippen LogP contribution in [0.25, 0.3) is 0 Å². The monoisotopic (exact) mass is 560 g/mol. The van der Waals surface area contributed by atoms with Gasteiger partial charge >= 0.3 is 11.9 Å². The van der Waals surface area contributed by atoms with Gasteiger partial charge in [0.2, 0.25) is 0 Å². The summed E-state index contributed by atoms with van der Waals surface area (Å²) in [7, 11) is 0. The van der Waals surface area contributed by atoms with Crippen molar-refractivity contribution in [1.82, 2.24) is 0 Å². The molecule has 10 heteroatoms. The number of esters is 2. The van der Waals surface area contributed by atoms with Crippen LogP contribution in [0.2, 0.25) is 0 Å². The van der Waals surface area contributed by atoms with E-state index in [1.165, 1.54) is 19.9 Å². The molecular weight excluding hydrogens is 520 g/mol. The van der Waals surface area contributed by atoms with Crippen LogP contribution in [0.3, 0.4) is 0 Å². The van der Waals surface area contributed by atoms with Crippen molar-refractivity contribution in [2.75, 3.05) is 6.61 Å². The first-order valence-corrected chi connectivity index (χ1v) is 14.3. The van der Waals surface area contributed by atoms with Crippen molar-refractivity contribution in [2.45, 2.75) is 114 Å². The normalized spacial score (nSPS) is 50.7. The van der Waals surface area contributed by atoms with Crippen LogP contribution in [0.4, 0.5) is 0 Å². The minimum Gasteiger partial charge on any atom is -0.465 e. The first-order valence-electron chi connectivity index (χ1n) is 14.3. The Bertz CT molecular complexity index is 1250. The van der Waals surface area contributed by atoms with Gasteiger partial charge in [-0.05, 0) is 83.8 Å². The zero-order valence-corrected chi connectivity index (χ0v) is 23.7. The van der Waals surface area contributed by atoms with Gasteiger partial charge < -0.3 is 34.6 Å². The van der Waals surface area contributed by atoms with Gasteiger partial charge in [0, 0.05) is 18.9 Å². The second kappa shape index (κ2) is 8.25. The number of epoxide rings is 1. The SMILES string of the molecule is CC(=O)OC[C@]12CC[C@H]3[C@@H](C[C@H](O)[C@]45O[C@H]4C=CC(=O)[C@]35C)[C@]1(O)CC[C@@]2(O)[C@@](C)(O)C1CC(C)=C(C)C(=O)O1. The van der Waals surface area contributed by atoms with E-state index < -0.39 is 63.3 Å². The molecule has 4 aliphatic carbocycles. The van der Waals surface area contributed by atoms with E-state index in [0.29, 0.717) is 12.0 Å². The predicted molar refractivity (Wildman–Crippen MR) is 138 cm³/mol. The van der Waals surface area contributed by atoms with Gasteiger partial charge in [-0.3, -0.25) is 9.59 Å². The van der Waals surface area contributed by atoms with Crippen molar-refractivity contribution >= 4 is 17.7 Å². The van der Waals surface area contributed by atoms with Gasteiger partial charge in [0.25, 0.3) is 0 Å². The van der Waals surface area contributed by atoms with Crippen LogP contribution in [0, 0.1) is 22.7 Å². The van der Waals surface area contributed by atoms with E-state index in [4.69, 9.17) is 14.2 Å². The Morgan fingerprint density at radius 3 is 2.52 bits per heavy atom. The molecule has 0 bridgehead atoms. The highest BCUT2D eigenvalue weighted by molar-refractivity contribution is 5.98. The number of cyclic esters (lactones) is 1. The van der Waals surface area contributed by atoms with E-state index in [-0.39, 0.29) is 56.5 Å². The molecule has 0 radical (unpaired) electrons. The lowest BCUT2D eigenvalue weighted by Gasteiger charge is -2.65. The minimum atomic E-state index is -2.04. The molecule has 10 nitrogen and oxygen atoms in total. The average molecular weight is 561 g/mol. The standard InChI is InChI=1S/C30H40O10/c1-15-12-23(39-24(34)16(15)2)26(5,35)29(37)11-10-28(36)19-13-21(33)30-22(40-30)7-6-20(32)25(30,4)18(19)8-9-27(28,29)14-38-17(3)31/h6-7,18-19,21-23,33,35-37H,8-14H2,1-5H3/t18-,19+,21-,22-,23?,25-,26-,27+,28+,29+,30-/m0/s1. The number of hydrogen-bond acceptors (Lipinski definition) is 10. The summed E-state index contributed by atoms with van der Waals surface area (Å²) in [6, 6.07) is 0. The molecule has 11 atom stereocenters. The molecule has 0 aromatic carbocycles. The highest BCUT2D eigenvalue weighted by Crippen LogP contribution is 2.74. The number of fused-ring (bicyclic) bond motifs is 4. The lowest BCUT2D eigenvalue weighted by atomic mass is 9.41. The number of ketones is 1. The average Bonchev–Trinajstić information content (AvgIpc) is 3.58. The lowest BCUT2D eigenvalue weighted by Crippen LogP contribution is -2.76. The van der Waals surface area contributed by atoms with Crippen LogP contribution < -0.4 is 0 Å². The van der Waals surface area contributed by atoms with E-state index in [1.807, 2.05) is 0 Å². The molecule has 220 valence electrons. The van der Waals surface area contributed by atoms with Gasteiger partial charge in [0.1, 0.15) is 35.6 Å². The molecular formula is C30H40O10. The van der Waals surface area contributed by atoms with Crippen molar-refractivity contribution in [2.24, 2.45) is 22.7 Å². The smallest absolute Gasteiger partial charge is 0.334 e. The minimum absolute atomic E-state index is 0.0285. The lowest BCUT2D eigenvalue weighted by molar-refractivity contribution is -0.303. The summed E-state index contributed by atoms with van der Waals surface area (Å²) >= 11 is 0. The largest absolute Gasteiger partial charge is 0.465 e. The number of aliphatic hydroxyl groups excluding tert-OH is 1. The molecule has 2 heterocycles. The third-order valence-corrected chi connectivity index (χ3v) is 12.3. The molecule has 40 heavy (non-hydrogen) atoms. The first-order chi connectivity index (χ1) is 18.5. The fourth-order valence-electron chi connectivity index (χ4n) is 9.70. The molecule has 1 unspecified atom stereocenters. The van der Waals surface area contributed by atoms with Gasteiger partial charge in [-0.2, -0.15) is 0 Å². The first kappa shape index (κ1) is 28.0. The van der Waals surface area contributed by atoms with Crippen molar-refractivity contribution in [3.63, 3.8) is 0 Å². The Morgan fingerprint density at radius 1 is 1.18 bits per heavy atom. The number of carbonyl (C=O) groups is 3. The molecule has 6 rings (SSSR count). The third kappa shape index (κ3) is 2.99. The van der Waals surface area contributed by atoms with Crippen LogP contribution in [-0.4, -0.2) is 85.5 Å². The molecule has 3 saturated carbocycles. The van der Waals surface area contributed by atoms with E-state index in [1.54, 1.807) is 26.8 Å². The second-order valence-electron chi connectivity index (χ2n) is 13.6. The van der Waals surface area contributed by atoms with E-state index in [9.17, 15) is 34.8 Å². The zero-order valence-electron chi connectivity index (χ0n) is 23.7. The van der Waals surface area contributed by atoms with Crippen LogP contribution in [0.5, 0.6) is 0 Å². The van der Waals surface area contributed by atoms with E-state index in [0.717, 1.165) is 5.57 Å². The quantitative estimate of drug-likeness (QED) is 0.291. The number of allylic oxidation sites excluding steroid dienone is 1. The summed E-state index contributed by atoms with van der Waals surface area (Å²) in [4.78, 5) is 38.2. The van der Waals surface area contributed by atoms with Gasteiger partial charge in [0.05, 0.1) is 22.5 Å². The third-order valence-electron chi connectivity index (χ3n) is 12.3. The summed E-state index contributed by atoms with van der Waals surface area (Å²) in [5, 5.41) is 49.0. The predicted octanol–water partition coefficient (Wildman–Crippen LogP) is 1.27. The number of aliphatic hydroxyl groups is 4. The maximum atomic E-state index is 13.5. The molecule has 0 amide bonds. The van der Waals surface area contributed by atoms with Crippen LogP contribution >= 0.6 is 0 Å². The summed E-state index contributed by atoms with van der Waals surface area (Å²) in [6.07, 6.45) is 1.41. The topological polar surface area (TPSA) is 163 Å². The van der Waals surface area contributed by atoms with Crippen LogP contribution in [-0.2, 0) is 28.6 Å². The number of carbonyl (C=O) groups excluding carboxylic acids is 3. The van der Waals surface area contributed by atoms with Crippen molar-refractivity contribution in [3.8, 4) is 0 Å². The maximum absolute atomic E-state index is 13.5. The number of rotatable bonds is 4. The molecule has 6 aliphatic rings. The zero-order chi connectivity index (χ0) is 29.3.